The van der Waals surface area contributed by atoms with Crippen LogP contribution in [0.25, 0.3) is 16.2 Å². The third-order valence-corrected chi connectivity index (χ3v) is 5.16. The molecule has 0 radical (unpaired) electrons. The van der Waals surface area contributed by atoms with Gasteiger partial charge < -0.3 is 9.64 Å². The molecule has 26 heavy (non-hydrogen) atoms. The topological polar surface area (TPSA) is 84.7 Å². The Hall–Kier alpha value is -2.19. The van der Waals surface area contributed by atoms with Gasteiger partial charge >= 0.3 is 10.8 Å². The highest BCUT2D eigenvalue weighted by atomic mass is 35.5. The van der Waals surface area contributed by atoms with Crippen molar-refractivity contribution in [2.24, 2.45) is 0 Å². The van der Waals surface area contributed by atoms with Gasteiger partial charge in [0.15, 0.2) is 5.94 Å². The van der Waals surface area contributed by atoms with Crippen LogP contribution in [0.1, 0.15) is 6.92 Å². The number of aromatic nitrogens is 2. The lowest BCUT2D eigenvalue weighted by molar-refractivity contribution is -0.141. The molecule has 0 atom stereocenters. The third-order valence-electron chi connectivity index (χ3n) is 4.10. The van der Waals surface area contributed by atoms with Gasteiger partial charge in [0.2, 0.25) is 5.82 Å². The molecule has 1 fully saturated rings. The number of halogens is 1. The molecule has 0 amide bonds. The minimum atomic E-state index is -0.301. The normalized spacial score (nSPS) is 15.1. The molecule has 0 aromatic carbocycles. The van der Waals surface area contributed by atoms with Gasteiger partial charge in [-0.2, -0.15) is 0 Å². The number of nitrogens with zero attached hydrogens (tertiary/aromatic N) is 4. The highest BCUT2D eigenvalue weighted by molar-refractivity contribution is 7.16. The van der Waals surface area contributed by atoms with Crippen LogP contribution in [0.2, 0.25) is 5.15 Å². The SMILES string of the molecule is CC(=O)OCCN1CCN(C(=C=O)n2c(=O)sc3nc(Cl)ccc32)CC1. The number of rotatable bonds is 5. The minimum absolute atomic E-state index is 0.185. The molecule has 0 spiro atoms. The molecule has 1 aliphatic rings. The van der Waals surface area contributed by atoms with E-state index in [4.69, 9.17) is 16.3 Å². The van der Waals surface area contributed by atoms with E-state index >= 15 is 0 Å². The van der Waals surface area contributed by atoms with Crippen molar-refractivity contribution in [3.8, 4) is 0 Å². The monoisotopic (exact) mass is 396 g/mol. The van der Waals surface area contributed by atoms with E-state index < -0.39 is 0 Å². The molecule has 0 aliphatic carbocycles. The zero-order valence-corrected chi connectivity index (χ0v) is 15.7. The molecular weight excluding hydrogens is 380 g/mol. The van der Waals surface area contributed by atoms with Crippen LogP contribution in [-0.4, -0.2) is 70.6 Å². The summed E-state index contributed by atoms with van der Waals surface area (Å²) in [5.74, 6) is 1.79. The van der Waals surface area contributed by atoms with Crippen LogP contribution >= 0.6 is 22.9 Å². The average molecular weight is 397 g/mol. The van der Waals surface area contributed by atoms with Crippen molar-refractivity contribution in [1.29, 1.82) is 0 Å². The van der Waals surface area contributed by atoms with Crippen LogP contribution in [0, 0.1) is 0 Å². The first-order chi connectivity index (χ1) is 12.5. The van der Waals surface area contributed by atoms with Crippen molar-refractivity contribution in [2.75, 3.05) is 39.3 Å². The summed E-state index contributed by atoms with van der Waals surface area (Å²) < 4.78 is 6.29. The molecular formula is C16H17ClN4O4S. The Labute approximate surface area is 158 Å². The van der Waals surface area contributed by atoms with E-state index in [0.29, 0.717) is 54.8 Å². The number of piperazine rings is 1. The molecule has 1 saturated heterocycles. The molecule has 3 heterocycles. The van der Waals surface area contributed by atoms with Gasteiger partial charge in [-0.25, -0.2) is 14.3 Å². The lowest BCUT2D eigenvalue weighted by Crippen LogP contribution is -2.47. The molecule has 1 aliphatic heterocycles. The molecule has 0 N–H and O–H groups in total. The van der Waals surface area contributed by atoms with Crippen molar-refractivity contribution < 1.29 is 14.3 Å². The first kappa shape index (κ1) is 18.6. The maximum Gasteiger partial charge on any atom is 0.315 e. The standard InChI is InChI=1S/C16H17ClN4O4S/c1-11(23)25-9-8-19-4-6-20(7-5-19)14(10-22)21-12-2-3-13(17)18-15(12)26-16(21)24/h2-3H,4-9H2,1H3. The van der Waals surface area contributed by atoms with Gasteiger partial charge in [0.05, 0.1) is 5.52 Å². The first-order valence-electron chi connectivity index (χ1n) is 8.04. The summed E-state index contributed by atoms with van der Waals surface area (Å²) in [6.07, 6.45) is 0. The number of ether oxygens (including phenoxy) is 1. The largest absolute Gasteiger partial charge is 0.465 e. The van der Waals surface area contributed by atoms with Crippen LogP contribution in [0.4, 0.5) is 0 Å². The van der Waals surface area contributed by atoms with Crippen LogP contribution in [0.3, 0.4) is 0 Å². The van der Waals surface area contributed by atoms with E-state index in [1.54, 1.807) is 12.1 Å². The number of pyridine rings is 1. The quantitative estimate of drug-likeness (QED) is 0.422. The molecule has 3 rings (SSSR count). The molecule has 0 saturated carbocycles. The second kappa shape index (κ2) is 8.01. The summed E-state index contributed by atoms with van der Waals surface area (Å²) in [6.45, 7) is 4.86. The Balaban J connectivity index is 1.74. The van der Waals surface area contributed by atoms with E-state index in [0.717, 1.165) is 11.3 Å². The van der Waals surface area contributed by atoms with E-state index in [2.05, 4.69) is 9.88 Å². The van der Waals surface area contributed by atoms with E-state index in [1.165, 1.54) is 11.5 Å². The van der Waals surface area contributed by atoms with Crippen LogP contribution in [0.5, 0.6) is 0 Å². The summed E-state index contributed by atoms with van der Waals surface area (Å²) in [7, 11) is 0. The maximum atomic E-state index is 12.4. The van der Waals surface area contributed by atoms with Gasteiger partial charge in [-0.05, 0) is 12.1 Å². The second-order valence-electron chi connectivity index (χ2n) is 5.76. The highest BCUT2D eigenvalue weighted by Gasteiger charge is 2.23. The molecule has 2 aromatic rings. The number of thiazole rings is 1. The fourth-order valence-electron chi connectivity index (χ4n) is 2.84. The van der Waals surface area contributed by atoms with E-state index in [1.807, 2.05) is 10.8 Å². The summed E-state index contributed by atoms with van der Waals surface area (Å²) in [5, 5.41) is 0.295. The zero-order chi connectivity index (χ0) is 18.7. The molecule has 8 nitrogen and oxygen atoms in total. The maximum absolute atomic E-state index is 12.4. The van der Waals surface area contributed by atoms with Crippen LogP contribution in [-0.2, 0) is 14.3 Å². The van der Waals surface area contributed by atoms with Crippen LogP contribution < -0.4 is 4.87 Å². The van der Waals surface area contributed by atoms with Crippen molar-refractivity contribution in [3.05, 3.63) is 27.0 Å². The fourth-order valence-corrected chi connectivity index (χ4v) is 3.88. The Morgan fingerprint density at radius 3 is 2.73 bits per heavy atom. The molecule has 10 heteroatoms. The predicted octanol–water partition coefficient (Wildman–Crippen LogP) is 0.922. The average Bonchev–Trinajstić information content (AvgIpc) is 2.92. The second-order valence-corrected chi connectivity index (χ2v) is 7.08. The lowest BCUT2D eigenvalue weighted by atomic mass is 10.3. The smallest absolute Gasteiger partial charge is 0.315 e. The van der Waals surface area contributed by atoms with Gasteiger partial charge in [0.25, 0.3) is 0 Å². The van der Waals surface area contributed by atoms with Gasteiger partial charge in [-0.1, -0.05) is 22.9 Å². The summed E-state index contributed by atoms with van der Waals surface area (Å²) in [6, 6.07) is 3.26. The third kappa shape index (κ3) is 3.96. The van der Waals surface area contributed by atoms with Crippen molar-refractivity contribution in [1.82, 2.24) is 19.4 Å². The zero-order valence-electron chi connectivity index (χ0n) is 14.1. The molecule has 0 bridgehead atoms. The van der Waals surface area contributed by atoms with Crippen molar-refractivity contribution >= 4 is 51.0 Å². The molecule has 138 valence electrons. The Kier molecular flexibility index (Phi) is 5.73. The summed E-state index contributed by atoms with van der Waals surface area (Å²) in [5.41, 5.74) is 0.542. The minimum Gasteiger partial charge on any atom is -0.465 e. The van der Waals surface area contributed by atoms with E-state index in [-0.39, 0.29) is 16.7 Å². The number of esters is 1. The highest BCUT2D eigenvalue weighted by Crippen LogP contribution is 2.22. The summed E-state index contributed by atoms with van der Waals surface area (Å²) in [4.78, 5) is 43.1. The Morgan fingerprint density at radius 2 is 2.08 bits per heavy atom. The fraction of sp³-hybridized carbons (Fsp3) is 0.438. The van der Waals surface area contributed by atoms with Gasteiger partial charge in [0, 0.05) is 39.6 Å². The number of carbonyl (C=O) groups excluding carboxylic acids is 2. The Bertz CT molecular complexity index is 926. The first-order valence-corrected chi connectivity index (χ1v) is 9.23. The Morgan fingerprint density at radius 1 is 1.35 bits per heavy atom. The lowest BCUT2D eigenvalue weighted by Gasteiger charge is -2.35. The van der Waals surface area contributed by atoms with Crippen molar-refractivity contribution in [3.63, 3.8) is 0 Å². The van der Waals surface area contributed by atoms with Crippen LogP contribution in [0.15, 0.2) is 16.9 Å². The summed E-state index contributed by atoms with van der Waals surface area (Å²) >= 11 is 6.81. The number of fused-ring (bicyclic) bond motifs is 1. The van der Waals surface area contributed by atoms with E-state index in [9.17, 15) is 14.4 Å². The van der Waals surface area contributed by atoms with Gasteiger partial charge in [-0.3, -0.25) is 14.5 Å². The molecule has 0 unspecified atom stereocenters. The van der Waals surface area contributed by atoms with Crippen molar-refractivity contribution in [2.45, 2.75) is 6.92 Å². The number of carbonyl (C=O) groups is 1. The molecule has 2 aromatic heterocycles. The van der Waals surface area contributed by atoms with Gasteiger partial charge in [0.1, 0.15) is 16.6 Å². The number of hydrogen-bond donors (Lipinski definition) is 0. The number of hydrogen-bond acceptors (Lipinski definition) is 8. The van der Waals surface area contributed by atoms with Gasteiger partial charge in [-0.15, -0.1) is 0 Å². The predicted molar refractivity (Wildman–Crippen MR) is 98.9 cm³/mol.